The first-order chi connectivity index (χ1) is 3.77. The van der Waals surface area contributed by atoms with Crippen molar-refractivity contribution in [2.24, 2.45) is 0 Å². The standard InChI is InChI=1S/C4H11NO2S/c1-7-4-3-5-8(2)6/h5H,3-4H2,1-2H3. The van der Waals surface area contributed by atoms with E-state index >= 15 is 0 Å². The normalized spacial score (nSPS) is 13.8. The molecule has 0 aromatic carbocycles. The van der Waals surface area contributed by atoms with Crippen LogP contribution in [0.3, 0.4) is 0 Å². The van der Waals surface area contributed by atoms with Crippen molar-refractivity contribution in [2.75, 3.05) is 26.5 Å². The van der Waals surface area contributed by atoms with Crippen molar-refractivity contribution in [2.45, 2.75) is 0 Å². The highest BCUT2D eigenvalue weighted by atomic mass is 32.2. The molecule has 0 saturated carbocycles. The Bertz CT molecular complexity index is 76.4. The molecule has 0 saturated heterocycles. The van der Waals surface area contributed by atoms with Crippen LogP contribution in [0.1, 0.15) is 0 Å². The summed E-state index contributed by atoms with van der Waals surface area (Å²) in [6.07, 6.45) is 1.59. The van der Waals surface area contributed by atoms with Crippen molar-refractivity contribution in [1.82, 2.24) is 4.72 Å². The third-order valence-corrected chi connectivity index (χ3v) is 1.22. The van der Waals surface area contributed by atoms with Gasteiger partial charge in [0.15, 0.2) is 0 Å². The van der Waals surface area contributed by atoms with Crippen LogP contribution in [0.15, 0.2) is 0 Å². The van der Waals surface area contributed by atoms with Gasteiger partial charge in [0.25, 0.3) is 0 Å². The topological polar surface area (TPSA) is 38.3 Å². The van der Waals surface area contributed by atoms with E-state index in [-0.39, 0.29) is 0 Å². The quantitative estimate of drug-likeness (QED) is 0.531. The van der Waals surface area contributed by atoms with E-state index in [1.807, 2.05) is 0 Å². The van der Waals surface area contributed by atoms with Gasteiger partial charge in [0.05, 0.1) is 17.6 Å². The molecule has 0 aliphatic rings. The number of rotatable bonds is 4. The lowest BCUT2D eigenvalue weighted by molar-refractivity contribution is 0.205. The summed E-state index contributed by atoms with van der Waals surface area (Å²) >= 11 is 0. The molecule has 0 aromatic rings. The van der Waals surface area contributed by atoms with Crippen LogP contribution in [0.2, 0.25) is 0 Å². The van der Waals surface area contributed by atoms with Gasteiger partial charge in [0.2, 0.25) is 0 Å². The van der Waals surface area contributed by atoms with Gasteiger partial charge in [0, 0.05) is 19.9 Å². The monoisotopic (exact) mass is 137 g/mol. The minimum Gasteiger partial charge on any atom is -0.383 e. The average Bonchev–Trinajstić information content (AvgIpc) is 1.66. The summed E-state index contributed by atoms with van der Waals surface area (Å²) in [5.74, 6) is 0. The molecular weight excluding hydrogens is 126 g/mol. The maximum absolute atomic E-state index is 10.3. The molecule has 0 heterocycles. The Morgan fingerprint density at radius 3 is 2.75 bits per heavy atom. The summed E-state index contributed by atoms with van der Waals surface area (Å²) in [5, 5.41) is 0. The summed E-state index contributed by atoms with van der Waals surface area (Å²) in [7, 11) is 0.714. The van der Waals surface area contributed by atoms with Crippen LogP contribution in [-0.2, 0) is 15.7 Å². The van der Waals surface area contributed by atoms with Gasteiger partial charge in [-0.1, -0.05) is 0 Å². The van der Waals surface area contributed by atoms with Crippen molar-refractivity contribution in [3.8, 4) is 0 Å². The Morgan fingerprint density at radius 2 is 2.38 bits per heavy atom. The lowest BCUT2D eigenvalue weighted by Crippen LogP contribution is -2.20. The molecule has 4 heteroatoms. The van der Waals surface area contributed by atoms with Crippen molar-refractivity contribution >= 4 is 11.0 Å². The highest BCUT2D eigenvalue weighted by molar-refractivity contribution is 7.82. The van der Waals surface area contributed by atoms with Crippen molar-refractivity contribution in [3.05, 3.63) is 0 Å². The summed E-state index contributed by atoms with van der Waals surface area (Å²) in [5.41, 5.74) is 0. The maximum Gasteiger partial charge on any atom is 0.0884 e. The second kappa shape index (κ2) is 5.21. The first kappa shape index (κ1) is 8.07. The third kappa shape index (κ3) is 6.07. The van der Waals surface area contributed by atoms with E-state index in [9.17, 15) is 4.21 Å². The highest BCUT2D eigenvalue weighted by Crippen LogP contribution is 1.65. The largest absolute Gasteiger partial charge is 0.383 e. The van der Waals surface area contributed by atoms with Crippen LogP contribution in [0, 0.1) is 0 Å². The molecule has 0 aliphatic carbocycles. The molecule has 0 bridgehead atoms. The van der Waals surface area contributed by atoms with E-state index < -0.39 is 11.0 Å². The zero-order valence-corrected chi connectivity index (χ0v) is 5.96. The fourth-order valence-corrected chi connectivity index (χ4v) is 0.658. The van der Waals surface area contributed by atoms with E-state index in [2.05, 4.69) is 4.72 Å². The molecule has 0 fully saturated rings. The molecule has 0 aliphatic heterocycles. The summed E-state index contributed by atoms with van der Waals surface area (Å²) in [4.78, 5) is 0. The molecule has 0 amide bonds. The average molecular weight is 137 g/mol. The second-order valence-electron chi connectivity index (χ2n) is 1.34. The molecule has 1 atom stereocenters. The second-order valence-corrected chi connectivity index (χ2v) is 2.54. The zero-order chi connectivity index (χ0) is 6.41. The summed E-state index contributed by atoms with van der Waals surface area (Å²) < 4.78 is 17.7. The maximum atomic E-state index is 10.3. The third-order valence-electron chi connectivity index (χ3n) is 0.612. The molecule has 8 heavy (non-hydrogen) atoms. The highest BCUT2D eigenvalue weighted by Gasteiger charge is 1.84. The predicted molar refractivity (Wildman–Crippen MR) is 33.9 cm³/mol. The Balaban J connectivity index is 2.82. The number of hydrogen-bond donors (Lipinski definition) is 1. The minimum atomic E-state index is -0.897. The van der Waals surface area contributed by atoms with Crippen LogP contribution < -0.4 is 4.72 Å². The van der Waals surface area contributed by atoms with Crippen molar-refractivity contribution < 1.29 is 8.95 Å². The van der Waals surface area contributed by atoms with Gasteiger partial charge in [-0.15, -0.1) is 0 Å². The van der Waals surface area contributed by atoms with Gasteiger partial charge in [0.1, 0.15) is 0 Å². The molecule has 3 nitrogen and oxygen atoms in total. The summed E-state index contributed by atoms with van der Waals surface area (Å²) in [6.45, 7) is 1.26. The lowest BCUT2D eigenvalue weighted by Gasteiger charge is -1.96. The van der Waals surface area contributed by atoms with Crippen LogP contribution in [0.5, 0.6) is 0 Å². The zero-order valence-electron chi connectivity index (χ0n) is 5.14. The number of ether oxygens (including phenoxy) is 1. The molecule has 0 rings (SSSR count). The lowest BCUT2D eigenvalue weighted by atomic mass is 10.7. The molecule has 1 unspecified atom stereocenters. The molecule has 0 radical (unpaired) electrons. The van der Waals surface area contributed by atoms with Gasteiger partial charge >= 0.3 is 0 Å². The first-order valence-corrected chi connectivity index (χ1v) is 3.89. The van der Waals surface area contributed by atoms with Gasteiger partial charge in [-0.25, -0.2) is 8.93 Å². The Morgan fingerprint density at radius 1 is 1.75 bits per heavy atom. The van der Waals surface area contributed by atoms with Gasteiger partial charge in [-0.3, -0.25) is 0 Å². The van der Waals surface area contributed by atoms with E-state index in [1.165, 1.54) is 0 Å². The number of nitrogens with one attached hydrogen (secondary N) is 1. The molecule has 1 N–H and O–H groups in total. The molecule has 0 spiro atoms. The fraction of sp³-hybridized carbons (Fsp3) is 1.00. The number of methoxy groups -OCH3 is 1. The van der Waals surface area contributed by atoms with Crippen LogP contribution in [0.4, 0.5) is 0 Å². The van der Waals surface area contributed by atoms with Crippen molar-refractivity contribution in [1.29, 1.82) is 0 Å². The van der Waals surface area contributed by atoms with Crippen molar-refractivity contribution in [3.63, 3.8) is 0 Å². The van der Waals surface area contributed by atoms with Crippen LogP contribution in [-0.4, -0.2) is 30.7 Å². The number of hydrogen-bond acceptors (Lipinski definition) is 2. The minimum absolute atomic E-state index is 0.611. The van der Waals surface area contributed by atoms with E-state index in [0.29, 0.717) is 13.2 Å². The smallest absolute Gasteiger partial charge is 0.0884 e. The first-order valence-electron chi connectivity index (χ1n) is 2.33. The Kier molecular flexibility index (Phi) is 5.26. The molecular formula is C4H11NO2S. The van der Waals surface area contributed by atoms with Crippen LogP contribution in [0.25, 0.3) is 0 Å². The van der Waals surface area contributed by atoms with E-state index in [1.54, 1.807) is 13.4 Å². The SMILES string of the molecule is COCCNS(C)=O. The Hall–Kier alpha value is 0.0700. The van der Waals surface area contributed by atoms with E-state index in [0.717, 1.165) is 0 Å². The predicted octanol–water partition coefficient (Wildman–Crippen LogP) is -0.484. The van der Waals surface area contributed by atoms with E-state index in [4.69, 9.17) is 4.74 Å². The van der Waals surface area contributed by atoms with Gasteiger partial charge in [-0.2, -0.15) is 0 Å². The summed E-state index contributed by atoms with van der Waals surface area (Å²) in [6, 6.07) is 0. The fourth-order valence-electron chi connectivity index (χ4n) is 0.287. The van der Waals surface area contributed by atoms with Gasteiger partial charge < -0.3 is 4.74 Å². The van der Waals surface area contributed by atoms with Gasteiger partial charge in [-0.05, 0) is 0 Å². The van der Waals surface area contributed by atoms with Crippen LogP contribution >= 0.6 is 0 Å². The Labute approximate surface area is 52.0 Å². The molecule has 0 aromatic heterocycles. The molecule has 50 valence electrons.